The van der Waals surface area contributed by atoms with Gasteiger partial charge in [0.15, 0.2) is 5.78 Å². The molecule has 0 N–H and O–H groups in total. The van der Waals surface area contributed by atoms with E-state index in [9.17, 15) is 4.79 Å². The number of aromatic nitrogens is 1. The molecule has 0 unspecified atom stereocenters. The molecule has 0 atom stereocenters. The van der Waals surface area contributed by atoms with E-state index in [-0.39, 0.29) is 5.78 Å². The summed E-state index contributed by atoms with van der Waals surface area (Å²) in [7, 11) is 0. The van der Waals surface area contributed by atoms with Gasteiger partial charge in [-0.15, -0.1) is 6.42 Å². The van der Waals surface area contributed by atoms with Crippen molar-refractivity contribution >= 4 is 5.78 Å². The molecule has 0 spiro atoms. The Labute approximate surface area is 100 Å². The molecule has 3 rings (SSSR count). The Bertz CT molecular complexity index is 591. The van der Waals surface area contributed by atoms with Crippen LogP contribution in [0.15, 0.2) is 42.6 Å². The van der Waals surface area contributed by atoms with Crippen molar-refractivity contribution < 1.29 is 4.79 Å². The number of nitrogens with zero attached hydrogens (tertiary/aromatic N) is 1. The van der Waals surface area contributed by atoms with Crippen molar-refractivity contribution in [3.63, 3.8) is 0 Å². The van der Waals surface area contributed by atoms with Crippen LogP contribution in [0.1, 0.15) is 23.0 Å². The van der Waals surface area contributed by atoms with Crippen molar-refractivity contribution in [1.82, 2.24) is 4.98 Å². The molecular formula is C15H11NO. The van der Waals surface area contributed by atoms with E-state index in [1.807, 2.05) is 0 Å². The number of benzene rings is 1. The maximum absolute atomic E-state index is 10.9. The largest absolute Gasteiger partial charge is 0.294 e. The van der Waals surface area contributed by atoms with E-state index in [0.717, 1.165) is 0 Å². The highest BCUT2D eigenvalue weighted by molar-refractivity contribution is 5.95. The van der Waals surface area contributed by atoms with Gasteiger partial charge in [0.25, 0.3) is 0 Å². The highest BCUT2D eigenvalue weighted by Gasteiger charge is 2.07. The molecule has 17 heavy (non-hydrogen) atoms. The van der Waals surface area contributed by atoms with Gasteiger partial charge < -0.3 is 0 Å². The number of Topliss-reactive ketones (excluding diaryl/α,β-unsaturated/α-hetero) is 1. The molecule has 2 aliphatic carbocycles. The number of pyridine rings is 1. The van der Waals surface area contributed by atoms with Gasteiger partial charge in [0.2, 0.25) is 0 Å². The number of terminal acetylenes is 1. The van der Waals surface area contributed by atoms with Gasteiger partial charge in [-0.1, -0.05) is 18.2 Å². The number of ketones is 1. The Hall–Kier alpha value is -2.40. The minimum absolute atomic E-state index is 0.0500. The summed E-state index contributed by atoms with van der Waals surface area (Å²) in [5, 5.41) is 0. The number of carbonyl (C=O) groups is 1. The van der Waals surface area contributed by atoms with Crippen LogP contribution in [0.3, 0.4) is 0 Å². The van der Waals surface area contributed by atoms with Gasteiger partial charge in [-0.3, -0.25) is 4.79 Å². The number of rotatable bonds is 1. The second-order valence-corrected chi connectivity index (χ2v) is 3.68. The van der Waals surface area contributed by atoms with E-state index in [1.165, 1.54) is 18.1 Å². The van der Waals surface area contributed by atoms with E-state index >= 15 is 0 Å². The number of hydrogen-bond acceptors (Lipinski definition) is 2. The zero-order valence-corrected chi connectivity index (χ0v) is 9.47. The monoisotopic (exact) mass is 221 g/mol. The minimum atomic E-state index is -0.0500. The number of hydrogen-bond donors (Lipinski definition) is 0. The van der Waals surface area contributed by atoms with Gasteiger partial charge in [-0.05, 0) is 42.2 Å². The topological polar surface area (TPSA) is 30.0 Å². The predicted octanol–water partition coefficient (Wildman–Crippen LogP) is 2.93. The zero-order valence-electron chi connectivity index (χ0n) is 9.47. The molecule has 2 nitrogen and oxygen atoms in total. The highest BCUT2D eigenvalue weighted by Crippen LogP contribution is 2.32. The first-order chi connectivity index (χ1) is 8.22. The maximum Gasteiger partial charge on any atom is 0.162 e. The van der Waals surface area contributed by atoms with Crippen LogP contribution >= 0.6 is 0 Å². The molecule has 1 aromatic rings. The van der Waals surface area contributed by atoms with Crippen LogP contribution < -0.4 is 0 Å². The van der Waals surface area contributed by atoms with E-state index < -0.39 is 0 Å². The standard InChI is InChI=1S/C9H7NO.C6H4/c1-3-9-8(7(2)11)5-4-6-10-9;1-2-5-4-6(5)3-1/h1,4-6H,2H3;1-4H. The van der Waals surface area contributed by atoms with Crippen molar-refractivity contribution in [2.75, 3.05) is 0 Å². The fourth-order valence-corrected chi connectivity index (χ4v) is 1.48. The molecule has 0 saturated carbocycles. The third kappa shape index (κ3) is 2.59. The normalized spacial score (nSPS) is 9.65. The molecule has 1 heterocycles. The smallest absolute Gasteiger partial charge is 0.162 e. The number of fused-ring (bicyclic) bond motifs is 1. The summed E-state index contributed by atoms with van der Waals surface area (Å²) in [4.78, 5) is 14.8. The summed E-state index contributed by atoms with van der Waals surface area (Å²) >= 11 is 0. The molecule has 2 aliphatic rings. The minimum Gasteiger partial charge on any atom is -0.294 e. The van der Waals surface area contributed by atoms with E-state index in [0.29, 0.717) is 11.3 Å². The summed E-state index contributed by atoms with van der Waals surface area (Å²) in [5.74, 6) is 2.30. The summed E-state index contributed by atoms with van der Waals surface area (Å²) < 4.78 is 0. The lowest BCUT2D eigenvalue weighted by Crippen LogP contribution is -1.97. The van der Waals surface area contributed by atoms with Crippen LogP contribution in [0.2, 0.25) is 0 Å². The Morgan fingerprint density at radius 2 is 1.94 bits per heavy atom. The SMILES string of the molecule is C#Cc1ncccc1C(C)=O.c1cc2cc-2c1. The van der Waals surface area contributed by atoms with Crippen LogP contribution in [-0.2, 0) is 0 Å². The Balaban J connectivity index is 0.000000148. The fraction of sp³-hybridized carbons (Fsp3) is 0.0667. The van der Waals surface area contributed by atoms with Gasteiger partial charge in [-0.2, -0.15) is 0 Å². The van der Waals surface area contributed by atoms with Crippen molar-refractivity contribution in [3.8, 4) is 23.5 Å². The molecule has 0 aliphatic heterocycles. The summed E-state index contributed by atoms with van der Waals surface area (Å²) in [6, 6.07) is 11.8. The molecule has 0 aromatic carbocycles. The molecule has 0 saturated heterocycles. The molecule has 0 fully saturated rings. The third-order valence-corrected chi connectivity index (χ3v) is 2.44. The predicted molar refractivity (Wildman–Crippen MR) is 67.6 cm³/mol. The van der Waals surface area contributed by atoms with E-state index in [4.69, 9.17) is 6.42 Å². The highest BCUT2D eigenvalue weighted by atomic mass is 16.1. The average molecular weight is 221 g/mol. The first-order valence-corrected chi connectivity index (χ1v) is 5.25. The van der Waals surface area contributed by atoms with Crippen molar-refractivity contribution in [2.24, 2.45) is 0 Å². The maximum atomic E-state index is 10.9. The Morgan fingerprint density at radius 1 is 1.24 bits per heavy atom. The Kier molecular flexibility index (Phi) is 3.02. The van der Waals surface area contributed by atoms with Gasteiger partial charge in [-0.25, -0.2) is 4.98 Å². The number of carbonyl (C=O) groups excluding carboxylic acids is 1. The lowest BCUT2D eigenvalue weighted by atomic mass is 10.1. The summed E-state index contributed by atoms with van der Waals surface area (Å²) in [5.41, 5.74) is 3.78. The third-order valence-electron chi connectivity index (χ3n) is 2.44. The molecule has 82 valence electrons. The van der Waals surface area contributed by atoms with Crippen LogP contribution in [0, 0.1) is 12.3 Å². The van der Waals surface area contributed by atoms with Gasteiger partial charge in [0.1, 0.15) is 5.69 Å². The van der Waals surface area contributed by atoms with Crippen LogP contribution in [-0.4, -0.2) is 10.8 Å². The van der Waals surface area contributed by atoms with E-state index in [2.05, 4.69) is 35.2 Å². The molecule has 0 bridgehead atoms. The van der Waals surface area contributed by atoms with Crippen molar-refractivity contribution in [2.45, 2.75) is 6.92 Å². The van der Waals surface area contributed by atoms with Gasteiger partial charge >= 0.3 is 0 Å². The van der Waals surface area contributed by atoms with Crippen molar-refractivity contribution in [1.29, 1.82) is 0 Å². The fourth-order valence-electron chi connectivity index (χ4n) is 1.48. The average Bonchev–Trinajstić information content (AvgIpc) is 2.96. The second kappa shape index (κ2) is 4.63. The van der Waals surface area contributed by atoms with Crippen LogP contribution in [0.25, 0.3) is 11.1 Å². The Morgan fingerprint density at radius 3 is 2.29 bits per heavy atom. The van der Waals surface area contributed by atoms with Gasteiger partial charge in [0, 0.05) is 6.20 Å². The molecule has 0 radical (unpaired) electrons. The first kappa shape index (κ1) is 11.1. The van der Waals surface area contributed by atoms with Crippen LogP contribution in [0.5, 0.6) is 0 Å². The lowest BCUT2D eigenvalue weighted by molar-refractivity contribution is 0.101. The summed E-state index contributed by atoms with van der Waals surface area (Å²) in [6.07, 6.45) is 6.69. The molecule has 2 heteroatoms. The first-order valence-electron chi connectivity index (χ1n) is 5.25. The lowest BCUT2D eigenvalue weighted by Gasteiger charge is -1.95. The van der Waals surface area contributed by atoms with Gasteiger partial charge in [0.05, 0.1) is 5.56 Å². The van der Waals surface area contributed by atoms with E-state index in [1.54, 1.807) is 18.3 Å². The van der Waals surface area contributed by atoms with Crippen LogP contribution in [0.4, 0.5) is 0 Å². The molecule has 1 aromatic heterocycles. The molecule has 0 amide bonds. The quantitative estimate of drug-likeness (QED) is 0.467. The molecular weight excluding hydrogens is 210 g/mol. The summed E-state index contributed by atoms with van der Waals surface area (Å²) in [6.45, 7) is 1.47. The second-order valence-electron chi connectivity index (χ2n) is 3.68. The zero-order chi connectivity index (χ0) is 12.3. The van der Waals surface area contributed by atoms with Crippen molar-refractivity contribution in [3.05, 3.63) is 53.9 Å².